The summed E-state index contributed by atoms with van der Waals surface area (Å²) in [6.45, 7) is 4.99. The number of carbonyl (C=O) groups excluding carboxylic acids is 1. The summed E-state index contributed by atoms with van der Waals surface area (Å²) in [4.78, 5) is 32.9. The van der Waals surface area contributed by atoms with Gasteiger partial charge in [-0.2, -0.15) is 0 Å². The Morgan fingerprint density at radius 2 is 1.67 bits per heavy atom. The van der Waals surface area contributed by atoms with Gasteiger partial charge in [-0.1, -0.05) is 42.1 Å². The molecule has 0 unspecified atom stereocenters. The predicted molar refractivity (Wildman–Crippen MR) is 134 cm³/mol. The summed E-state index contributed by atoms with van der Waals surface area (Å²) in [5, 5.41) is 1.00. The molecule has 0 spiro atoms. The molecule has 0 atom stereocenters. The highest BCUT2D eigenvalue weighted by molar-refractivity contribution is 7.99. The predicted octanol–water partition coefficient (Wildman–Crippen LogP) is 4.93. The average molecular weight is 460 g/mol. The van der Waals surface area contributed by atoms with Gasteiger partial charge in [-0.25, -0.2) is 4.98 Å². The normalized spacial score (nSPS) is 10.8. The highest BCUT2D eigenvalue weighted by atomic mass is 32.2. The highest BCUT2D eigenvalue weighted by Crippen LogP contribution is 2.24. The van der Waals surface area contributed by atoms with Crippen LogP contribution in [0.2, 0.25) is 0 Å². The molecule has 0 saturated carbocycles. The summed E-state index contributed by atoms with van der Waals surface area (Å²) in [6.07, 6.45) is 0. The van der Waals surface area contributed by atoms with Crippen LogP contribution in [0.5, 0.6) is 5.75 Å². The zero-order valence-corrected chi connectivity index (χ0v) is 19.4. The topological polar surface area (TPSA) is 64.4 Å². The molecular weight excluding hydrogens is 434 g/mol. The van der Waals surface area contributed by atoms with Gasteiger partial charge in [0.1, 0.15) is 5.75 Å². The quantitative estimate of drug-likeness (QED) is 0.276. The summed E-state index contributed by atoms with van der Waals surface area (Å²) in [6, 6.07) is 24.1. The van der Waals surface area contributed by atoms with E-state index in [1.165, 1.54) is 11.8 Å². The smallest absolute Gasteiger partial charge is 0.266 e. The molecule has 0 radical (unpaired) electrons. The van der Waals surface area contributed by atoms with Crippen LogP contribution < -0.4 is 15.2 Å². The van der Waals surface area contributed by atoms with Gasteiger partial charge in [0.25, 0.3) is 5.56 Å². The molecule has 0 aliphatic carbocycles. The Bertz CT molecular complexity index is 1300. The summed E-state index contributed by atoms with van der Waals surface area (Å²) < 4.78 is 7.09. The van der Waals surface area contributed by atoms with Gasteiger partial charge in [0.2, 0.25) is 5.91 Å². The van der Waals surface area contributed by atoms with Gasteiger partial charge in [-0.3, -0.25) is 14.2 Å². The molecule has 0 saturated heterocycles. The molecule has 4 aromatic rings. The number of aromatic nitrogens is 2. The maximum atomic E-state index is 13.4. The fraction of sp³-hybridized carbons (Fsp3) is 0.192. The van der Waals surface area contributed by atoms with E-state index < -0.39 is 0 Å². The average Bonchev–Trinajstić information content (AvgIpc) is 2.85. The number of hydrogen-bond donors (Lipinski definition) is 0. The molecule has 168 valence electrons. The van der Waals surface area contributed by atoms with Gasteiger partial charge < -0.3 is 9.64 Å². The first-order chi connectivity index (χ1) is 16.1. The Morgan fingerprint density at radius 3 is 2.36 bits per heavy atom. The van der Waals surface area contributed by atoms with E-state index in [0.29, 0.717) is 34.9 Å². The van der Waals surface area contributed by atoms with Crippen LogP contribution in [0.1, 0.15) is 13.8 Å². The maximum Gasteiger partial charge on any atom is 0.266 e. The van der Waals surface area contributed by atoms with Crippen molar-refractivity contribution in [3.63, 3.8) is 0 Å². The second kappa shape index (κ2) is 10.4. The van der Waals surface area contributed by atoms with Crippen molar-refractivity contribution >= 4 is 34.3 Å². The van der Waals surface area contributed by atoms with Gasteiger partial charge in [-0.05, 0) is 62.4 Å². The lowest BCUT2D eigenvalue weighted by atomic mass is 10.2. The zero-order valence-electron chi connectivity index (χ0n) is 18.6. The number of carbonyl (C=O) groups is 1. The molecule has 0 aliphatic heterocycles. The molecule has 7 heteroatoms. The third-order valence-electron chi connectivity index (χ3n) is 5.16. The SMILES string of the molecule is CCOc1ccc(-n2c(SCC(=O)N(CC)c3ccccc3)nc3ccccc3c2=O)cc1. The van der Waals surface area contributed by atoms with Crippen molar-refractivity contribution in [1.29, 1.82) is 0 Å². The Kier molecular flexibility index (Phi) is 7.10. The van der Waals surface area contributed by atoms with Crippen LogP contribution in [-0.2, 0) is 4.79 Å². The number of ether oxygens (including phenoxy) is 1. The van der Waals surface area contributed by atoms with Crippen LogP contribution >= 0.6 is 11.8 Å². The molecular formula is C26H25N3O3S. The number of anilines is 1. The Labute approximate surface area is 196 Å². The van der Waals surface area contributed by atoms with Crippen LogP contribution in [0.4, 0.5) is 5.69 Å². The Balaban J connectivity index is 1.69. The highest BCUT2D eigenvalue weighted by Gasteiger charge is 2.18. The molecule has 1 amide bonds. The molecule has 0 aliphatic rings. The molecule has 1 heterocycles. The van der Waals surface area contributed by atoms with Crippen LogP contribution in [0.3, 0.4) is 0 Å². The van der Waals surface area contributed by atoms with Crippen LogP contribution in [-0.4, -0.2) is 34.4 Å². The summed E-state index contributed by atoms with van der Waals surface area (Å²) in [5.41, 5.74) is 1.96. The van der Waals surface area contributed by atoms with Crippen molar-refractivity contribution in [2.75, 3.05) is 23.8 Å². The van der Waals surface area contributed by atoms with E-state index in [-0.39, 0.29) is 17.2 Å². The van der Waals surface area contributed by atoms with E-state index >= 15 is 0 Å². The van der Waals surface area contributed by atoms with Crippen LogP contribution in [0.25, 0.3) is 16.6 Å². The van der Waals surface area contributed by atoms with E-state index in [2.05, 4.69) is 0 Å². The number of fused-ring (bicyclic) bond motifs is 1. The largest absolute Gasteiger partial charge is 0.494 e. The second-order valence-corrected chi connectivity index (χ2v) is 8.18. The lowest BCUT2D eigenvalue weighted by molar-refractivity contribution is -0.116. The van der Waals surface area contributed by atoms with E-state index in [0.717, 1.165) is 11.4 Å². The molecule has 6 nitrogen and oxygen atoms in total. The molecule has 3 aromatic carbocycles. The van der Waals surface area contributed by atoms with Gasteiger partial charge >= 0.3 is 0 Å². The van der Waals surface area contributed by atoms with Crippen molar-refractivity contribution in [2.24, 2.45) is 0 Å². The fourth-order valence-corrected chi connectivity index (χ4v) is 4.50. The first kappa shape index (κ1) is 22.6. The molecule has 33 heavy (non-hydrogen) atoms. The van der Waals surface area contributed by atoms with Crippen LogP contribution in [0.15, 0.2) is 88.8 Å². The minimum absolute atomic E-state index is 0.0469. The number of nitrogens with zero attached hydrogens (tertiary/aromatic N) is 3. The number of amides is 1. The lowest BCUT2D eigenvalue weighted by Crippen LogP contribution is -2.32. The Hall–Kier alpha value is -3.58. The van der Waals surface area contributed by atoms with Crippen molar-refractivity contribution in [3.05, 3.63) is 89.2 Å². The molecule has 0 N–H and O–H groups in total. The summed E-state index contributed by atoms with van der Waals surface area (Å²) in [7, 11) is 0. The van der Waals surface area contributed by atoms with E-state index in [9.17, 15) is 9.59 Å². The van der Waals surface area contributed by atoms with E-state index in [1.807, 2.05) is 86.6 Å². The monoisotopic (exact) mass is 459 g/mol. The van der Waals surface area contributed by atoms with Gasteiger partial charge in [0, 0.05) is 12.2 Å². The minimum Gasteiger partial charge on any atom is -0.494 e. The number of hydrogen-bond acceptors (Lipinski definition) is 5. The standard InChI is InChI=1S/C26H25N3O3S/c1-3-28(19-10-6-5-7-11-19)24(30)18-33-26-27-23-13-9-8-12-22(23)25(31)29(26)20-14-16-21(17-15-20)32-4-2/h5-17H,3-4,18H2,1-2H3. The third kappa shape index (κ3) is 4.93. The maximum absolute atomic E-state index is 13.4. The first-order valence-electron chi connectivity index (χ1n) is 10.9. The van der Waals surface area contributed by atoms with Crippen molar-refractivity contribution in [2.45, 2.75) is 19.0 Å². The second-order valence-electron chi connectivity index (χ2n) is 7.24. The molecule has 0 bridgehead atoms. The van der Waals surface area contributed by atoms with Crippen molar-refractivity contribution in [3.8, 4) is 11.4 Å². The van der Waals surface area contributed by atoms with Crippen molar-refractivity contribution in [1.82, 2.24) is 9.55 Å². The number of rotatable bonds is 8. The van der Waals surface area contributed by atoms with Gasteiger partial charge in [-0.15, -0.1) is 0 Å². The van der Waals surface area contributed by atoms with Gasteiger partial charge in [0.05, 0.1) is 29.0 Å². The van der Waals surface area contributed by atoms with Crippen molar-refractivity contribution < 1.29 is 9.53 Å². The van der Waals surface area contributed by atoms with E-state index in [4.69, 9.17) is 9.72 Å². The first-order valence-corrected chi connectivity index (χ1v) is 11.8. The summed E-state index contributed by atoms with van der Waals surface area (Å²) >= 11 is 1.26. The molecule has 4 rings (SSSR count). The molecule has 0 fully saturated rings. The fourth-order valence-electron chi connectivity index (χ4n) is 3.61. The number of benzene rings is 3. The summed E-state index contributed by atoms with van der Waals surface area (Å²) in [5.74, 6) is 0.841. The minimum atomic E-state index is -0.171. The van der Waals surface area contributed by atoms with Crippen LogP contribution in [0, 0.1) is 0 Å². The Morgan fingerprint density at radius 1 is 0.970 bits per heavy atom. The zero-order chi connectivity index (χ0) is 23.2. The number of para-hydroxylation sites is 2. The van der Waals surface area contributed by atoms with Gasteiger partial charge in [0.15, 0.2) is 5.16 Å². The number of thioether (sulfide) groups is 1. The van der Waals surface area contributed by atoms with E-state index in [1.54, 1.807) is 15.5 Å². The lowest BCUT2D eigenvalue weighted by Gasteiger charge is -2.21. The molecule has 1 aromatic heterocycles. The third-order valence-corrected chi connectivity index (χ3v) is 6.08.